The van der Waals surface area contributed by atoms with Crippen LogP contribution in [0.25, 0.3) is 0 Å². The van der Waals surface area contributed by atoms with Crippen molar-refractivity contribution in [1.29, 1.82) is 0 Å². The van der Waals surface area contributed by atoms with Crippen LogP contribution in [0.4, 0.5) is 0 Å². The molecule has 1 aromatic rings. The summed E-state index contributed by atoms with van der Waals surface area (Å²) in [4.78, 5) is 6.87. The molecule has 2 atom stereocenters. The smallest absolute Gasteiger partial charge is 0.191 e. The monoisotopic (exact) mass is 498 g/mol. The van der Waals surface area contributed by atoms with Crippen molar-refractivity contribution in [2.45, 2.75) is 32.7 Å². The number of hydrogen-bond acceptors (Lipinski definition) is 2. The second-order valence-electron chi connectivity index (χ2n) is 6.44. The Balaban J connectivity index is 0.00000312. The van der Waals surface area contributed by atoms with E-state index in [1.807, 2.05) is 12.1 Å². The lowest BCUT2D eigenvalue weighted by Crippen LogP contribution is -2.41. The summed E-state index contributed by atoms with van der Waals surface area (Å²) in [6.45, 7) is 8.84. The zero-order valence-electron chi connectivity index (χ0n) is 15.2. The van der Waals surface area contributed by atoms with Gasteiger partial charge in [0.1, 0.15) is 0 Å². The van der Waals surface area contributed by atoms with Crippen LogP contribution in [0.2, 0.25) is 10.0 Å². The third kappa shape index (κ3) is 7.12. The summed E-state index contributed by atoms with van der Waals surface area (Å²) in [6.07, 6.45) is 2.48. The number of nitrogens with one attached hydrogen (secondary N) is 2. The van der Waals surface area contributed by atoms with E-state index in [-0.39, 0.29) is 30.0 Å². The Labute approximate surface area is 178 Å². The van der Waals surface area contributed by atoms with Gasteiger partial charge < -0.3 is 15.5 Å². The van der Waals surface area contributed by atoms with E-state index in [0.717, 1.165) is 18.1 Å². The SMILES string of the molecule is CCCN1CCC(CNC(=NC)NC(C)c2ccc(Cl)cc2Cl)C1.I. The molecule has 7 heteroatoms. The lowest BCUT2D eigenvalue weighted by Gasteiger charge is -2.21. The summed E-state index contributed by atoms with van der Waals surface area (Å²) in [6, 6.07) is 5.64. The van der Waals surface area contributed by atoms with Crippen molar-refractivity contribution in [3.8, 4) is 0 Å². The Kier molecular flexibility index (Phi) is 10.5. The molecule has 2 rings (SSSR count). The number of nitrogens with zero attached hydrogens (tertiary/aromatic N) is 2. The molecule has 4 nitrogen and oxygen atoms in total. The van der Waals surface area contributed by atoms with Gasteiger partial charge in [0.15, 0.2) is 5.96 Å². The highest BCUT2D eigenvalue weighted by Gasteiger charge is 2.22. The van der Waals surface area contributed by atoms with Crippen molar-refractivity contribution < 1.29 is 0 Å². The average molecular weight is 499 g/mol. The minimum Gasteiger partial charge on any atom is -0.356 e. The predicted octanol–water partition coefficient (Wildman–Crippen LogP) is 4.57. The van der Waals surface area contributed by atoms with Gasteiger partial charge in [-0.3, -0.25) is 4.99 Å². The first kappa shape index (κ1) is 22.8. The molecule has 0 aliphatic carbocycles. The normalized spacial score (nSPS) is 19.4. The molecule has 1 fully saturated rings. The summed E-state index contributed by atoms with van der Waals surface area (Å²) < 4.78 is 0. The van der Waals surface area contributed by atoms with Crippen LogP contribution in [0.15, 0.2) is 23.2 Å². The van der Waals surface area contributed by atoms with Crippen molar-refractivity contribution in [3.05, 3.63) is 33.8 Å². The fourth-order valence-electron chi connectivity index (χ4n) is 3.17. The van der Waals surface area contributed by atoms with Gasteiger partial charge in [0.05, 0.1) is 6.04 Å². The van der Waals surface area contributed by atoms with Crippen LogP contribution in [0, 0.1) is 5.92 Å². The van der Waals surface area contributed by atoms with Gasteiger partial charge in [-0.05, 0) is 56.5 Å². The zero-order valence-corrected chi connectivity index (χ0v) is 19.0. The molecule has 1 aliphatic heterocycles. The van der Waals surface area contributed by atoms with E-state index in [2.05, 4.69) is 34.4 Å². The molecule has 1 saturated heterocycles. The molecule has 2 N–H and O–H groups in total. The topological polar surface area (TPSA) is 39.7 Å². The Bertz CT molecular complexity index is 568. The molecule has 2 unspecified atom stereocenters. The third-order valence-electron chi connectivity index (χ3n) is 4.47. The van der Waals surface area contributed by atoms with Gasteiger partial charge >= 0.3 is 0 Å². The minimum absolute atomic E-state index is 0. The summed E-state index contributed by atoms with van der Waals surface area (Å²) in [5, 5.41) is 8.17. The lowest BCUT2D eigenvalue weighted by molar-refractivity contribution is 0.324. The summed E-state index contributed by atoms with van der Waals surface area (Å²) in [5.74, 6) is 1.49. The molecular weight excluding hydrogens is 470 g/mol. The van der Waals surface area contributed by atoms with Crippen LogP contribution in [0.3, 0.4) is 0 Å². The highest BCUT2D eigenvalue weighted by molar-refractivity contribution is 14.0. The van der Waals surface area contributed by atoms with Gasteiger partial charge in [-0.2, -0.15) is 0 Å². The van der Waals surface area contributed by atoms with E-state index >= 15 is 0 Å². The van der Waals surface area contributed by atoms with Crippen molar-refractivity contribution in [3.63, 3.8) is 0 Å². The van der Waals surface area contributed by atoms with Gasteiger partial charge in [-0.25, -0.2) is 0 Å². The molecule has 1 heterocycles. The number of aliphatic imine (C=N–C) groups is 1. The molecule has 0 aromatic heterocycles. The molecule has 1 aromatic carbocycles. The minimum atomic E-state index is 0. The van der Waals surface area contributed by atoms with Crippen molar-refractivity contribution >= 4 is 53.1 Å². The zero-order chi connectivity index (χ0) is 17.5. The fraction of sp³-hybridized carbons (Fsp3) is 0.611. The van der Waals surface area contributed by atoms with Crippen LogP contribution in [-0.2, 0) is 0 Å². The summed E-state index contributed by atoms with van der Waals surface area (Å²) >= 11 is 12.3. The van der Waals surface area contributed by atoms with Crippen molar-refractivity contribution in [2.75, 3.05) is 33.2 Å². The number of rotatable bonds is 6. The molecule has 25 heavy (non-hydrogen) atoms. The second kappa shape index (κ2) is 11.5. The van der Waals surface area contributed by atoms with Crippen LogP contribution in [-0.4, -0.2) is 44.1 Å². The molecule has 0 spiro atoms. The van der Waals surface area contributed by atoms with Crippen LogP contribution in [0.5, 0.6) is 0 Å². The number of guanidine groups is 1. The predicted molar refractivity (Wildman–Crippen MR) is 120 cm³/mol. The van der Waals surface area contributed by atoms with E-state index in [4.69, 9.17) is 23.2 Å². The van der Waals surface area contributed by atoms with Crippen molar-refractivity contribution in [1.82, 2.24) is 15.5 Å². The Morgan fingerprint density at radius 1 is 1.40 bits per heavy atom. The maximum Gasteiger partial charge on any atom is 0.191 e. The lowest BCUT2D eigenvalue weighted by atomic mass is 10.1. The first-order valence-electron chi connectivity index (χ1n) is 8.68. The quantitative estimate of drug-likeness (QED) is 0.343. The highest BCUT2D eigenvalue weighted by Crippen LogP contribution is 2.26. The molecule has 0 bridgehead atoms. The fourth-order valence-corrected chi connectivity index (χ4v) is 3.74. The Morgan fingerprint density at radius 2 is 2.16 bits per heavy atom. The molecule has 0 radical (unpaired) electrons. The molecular formula is C18H29Cl2IN4. The summed E-state index contributed by atoms with van der Waals surface area (Å²) in [7, 11) is 1.80. The van der Waals surface area contributed by atoms with Gasteiger partial charge in [-0.15, -0.1) is 24.0 Å². The number of benzene rings is 1. The van der Waals surface area contributed by atoms with Gasteiger partial charge in [0.25, 0.3) is 0 Å². The molecule has 1 aliphatic rings. The highest BCUT2D eigenvalue weighted by atomic mass is 127. The van der Waals surface area contributed by atoms with Crippen LogP contribution in [0.1, 0.15) is 38.3 Å². The number of likely N-dealkylation sites (tertiary alicyclic amines) is 1. The third-order valence-corrected chi connectivity index (χ3v) is 5.04. The van der Waals surface area contributed by atoms with Crippen LogP contribution >= 0.6 is 47.2 Å². The van der Waals surface area contributed by atoms with Gasteiger partial charge in [0.2, 0.25) is 0 Å². The molecule has 0 amide bonds. The van der Waals surface area contributed by atoms with E-state index in [9.17, 15) is 0 Å². The first-order valence-corrected chi connectivity index (χ1v) is 9.43. The number of halogens is 3. The number of hydrogen-bond donors (Lipinski definition) is 2. The molecule has 0 saturated carbocycles. The van der Waals surface area contributed by atoms with E-state index < -0.39 is 0 Å². The Hall–Kier alpha value is -0.240. The average Bonchev–Trinajstić information content (AvgIpc) is 2.99. The van der Waals surface area contributed by atoms with Gasteiger partial charge in [0, 0.05) is 30.2 Å². The van der Waals surface area contributed by atoms with Crippen LogP contribution < -0.4 is 10.6 Å². The summed E-state index contributed by atoms with van der Waals surface area (Å²) in [5.41, 5.74) is 1.01. The van der Waals surface area contributed by atoms with Gasteiger partial charge in [-0.1, -0.05) is 36.2 Å². The maximum atomic E-state index is 6.29. The first-order chi connectivity index (χ1) is 11.5. The molecule has 142 valence electrons. The van der Waals surface area contributed by atoms with E-state index in [0.29, 0.717) is 16.0 Å². The second-order valence-corrected chi connectivity index (χ2v) is 7.28. The Morgan fingerprint density at radius 3 is 2.80 bits per heavy atom. The van der Waals surface area contributed by atoms with E-state index in [1.165, 1.54) is 32.5 Å². The van der Waals surface area contributed by atoms with Crippen molar-refractivity contribution in [2.24, 2.45) is 10.9 Å². The largest absolute Gasteiger partial charge is 0.356 e. The standard InChI is InChI=1S/C18H28Cl2N4.HI/c1-4-8-24-9-7-14(12-24)11-22-18(21-3)23-13(2)16-6-5-15(19)10-17(16)20;/h5-6,10,13-14H,4,7-9,11-12H2,1-3H3,(H2,21,22,23);1H. The van der Waals surface area contributed by atoms with E-state index in [1.54, 1.807) is 13.1 Å². The maximum absolute atomic E-state index is 6.29.